The van der Waals surface area contributed by atoms with Crippen molar-refractivity contribution in [3.8, 4) is 0 Å². The molecule has 2 atom stereocenters. The van der Waals surface area contributed by atoms with Gasteiger partial charge in [0, 0.05) is 13.7 Å². The highest BCUT2D eigenvalue weighted by atomic mass is 16.5. The summed E-state index contributed by atoms with van der Waals surface area (Å²) >= 11 is 0. The lowest BCUT2D eigenvalue weighted by molar-refractivity contribution is -0.128. The zero-order chi connectivity index (χ0) is 10.6. The Morgan fingerprint density at radius 3 is 3.00 bits per heavy atom. The fraction of sp³-hybridized carbons (Fsp3) is 0.900. The molecule has 1 rings (SSSR count). The smallest absolute Gasteiger partial charge is 0.237 e. The fourth-order valence-corrected chi connectivity index (χ4v) is 1.86. The second kappa shape index (κ2) is 5.32. The third-order valence-corrected chi connectivity index (χ3v) is 2.53. The van der Waals surface area contributed by atoms with Crippen molar-refractivity contribution in [1.29, 1.82) is 0 Å². The molecule has 0 aromatic heterocycles. The number of nitrogens with one attached hydrogen (secondary N) is 1. The van der Waals surface area contributed by atoms with E-state index in [1.165, 1.54) is 0 Å². The van der Waals surface area contributed by atoms with Crippen molar-refractivity contribution < 1.29 is 9.53 Å². The van der Waals surface area contributed by atoms with Crippen LogP contribution < -0.4 is 5.32 Å². The van der Waals surface area contributed by atoms with E-state index in [4.69, 9.17) is 4.74 Å². The van der Waals surface area contributed by atoms with Gasteiger partial charge in [0.25, 0.3) is 0 Å². The zero-order valence-corrected chi connectivity index (χ0v) is 9.25. The zero-order valence-electron chi connectivity index (χ0n) is 9.25. The van der Waals surface area contributed by atoms with Crippen LogP contribution in [0.5, 0.6) is 0 Å². The predicted molar refractivity (Wildman–Crippen MR) is 54.8 cm³/mol. The summed E-state index contributed by atoms with van der Waals surface area (Å²) in [6, 6.07) is 0. The van der Waals surface area contributed by atoms with Crippen LogP contribution in [-0.4, -0.2) is 43.8 Å². The molecule has 2 unspecified atom stereocenters. The average Bonchev–Trinajstić information content (AvgIpc) is 2.48. The Morgan fingerprint density at radius 2 is 2.43 bits per heavy atom. The summed E-state index contributed by atoms with van der Waals surface area (Å²) < 4.78 is 5.06. The number of hydrogen-bond donors (Lipinski definition) is 1. The Kier molecular flexibility index (Phi) is 4.35. The molecule has 0 bridgehead atoms. The van der Waals surface area contributed by atoms with Crippen LogP contribution in [0.3, 0.4) is 0 Å². The van der Waals surface area contributed by atoms with Crippen molar-refractivity contribution in [2.75, 3.05) is 26.8 Å². The number of carbonyl (C=O) groups excluding carboxylic acids is 1. The third-order valence-electron chi connectivity index (χ3n) is 2.53. The first kappa shape index (κ1) is 11.5. The SMILES string of the molecule is CCC1NCC(=O)N1CC(C)COC. The van der Waals surface area contributed by atoms with Gasteiger partial charge in [-0.15, -0.1) is 0 Å². The van der Waals surface area contributed by atoms with Crippen LogP contribution in [0.25, 0.3) is 0 Å². The highest BCUT2D eigenvalue weighted by Crippen LogP contribution is 2.11. The highest BCUT2D eigenvalue weighted by molar-refractivity contribution is 5.80. The molecule has 0 aromatic carbocycles. The molecule has 1 aliphatic heterocycles. The van der Waals surface area contributed by atoms with Crippen molar-refractivity contribution in [2.24, 2.45) is 5.92 Å². The van der Waals surface area contributed by atoms with Gasteiger partial charge in [-0.3, -0.25) is 10.1 Å². The Balaban J connectivity index is 2.44. The van der Waals surface area contributed by atoms with Gasteiger partial charge in [0.15, 0.2) is 0 Å². The van der Waals surface area contributed by atoms with Crippen LogP contribution >= 0.6 is 0 Å². The minimum Gasteiger partial charge on any atom is -0.384 e. The van der Waals surface area contributed by atoms with Gasteiger partial charge in [0.05, 0.1) is 19.3 Å². The lowest BCUT2D eigenvalue weighted by atomic mass is 10.1. The molecule has 14 heavy (non-hydrogen) atoms. The summed E-state index contributed by atoms with van der Waals surface area (Å²) in [6.07, 6.45) is 1.19. The second-order valence-corrected chi connectivity index (χ2v) is 3.91. The van der Waals surface area contributed by atoms with Crippen molar-refractivity contribution in [2.45, 2.75) is 26.4 Å². The highest BCUT2D eigenvalue weighted by Gasteiger charge is 2.29. The predicted octanol–water partition coefficient (Wildman–Crippen LogP) is 0.437. The molecule has 1 aliphatic rings. The molecular weight excluding hydrogens is 180 g/mol. The monoisotopic (exact) mass is 200 g/mol. The lowest BCUT2D eigenvalue weighted by Gasteiger charge is -2.26. The van der Waals surface area contributed by atoms with E-state index in [2.05, 4.69) is 19.2 Å². The number of amides is 1. The first-order chi connectivity index (χ1) is 6.69. The van der Waals surface area contributed by atoms with E-state index in [-0.39, 0.29) is 12.1 Å². The first-order valence-corrected chi connectivity index (χ1v) is 5.20. The van der Waals surface area contributed by atoms with Crippen LogP contribution in [0, 0.1) is 5.92 Å². The maximum Gasteiger partial charge on any atom is 0.237 e. The number of methoxy groups -OCH3 is 1. The molecule has 0 saturated carbocycles. The number of ether oxygens (including phenoxy) is 1. The van der Waals surface area contributed by atoms with Crippen LogP contribution in [0.2, 0.25) is 0 Å². The third kappa shape index (κ3) is 2.69. The molecule has 1 saturated heterocycles. The Morgan fingerprint density at radius 1 is 1.71 bits per heavy atom. The minimum absolute atomic E-state index is 0.208. The number of rotatable bonds is 5. The van der Waals surface area contributed by atoms with Crippen LogP contribution in [0.1, 0.15) is 20.3 Å². The Labute approximate surface area is 85.6 Å². The molecule has 1 heterocycles. The van der Waals surface area contributed by atoms with Crippen LogP contribution in [0.15, 0.2) is 0 Å². The van der Waals surface area contributed by atoms with E-state index in [0.717, 1.165) is 13.0 Å². The van der Waals surface area contributed by atoms with Gasteiger partial charge >= 0.3 is 0 Å². The normalized spacial score (nSPS) is 24.4. The molecule has 1 N–H and O–H groups in total. The van der Waals surface area contributed by atoms with E-state index in [0.29, 0.717) is 19.1 Å². The van der Waals surface area contributed by atoms with E-state index < -0.39 is 0 Å². The van der Waals surface area contributed by atoms with Crippen LogP contribution in [-0.2, 0) is 9.53 Å². The molecule has 0 spiro atoms. The van der Waals surface area contributed by atoms with Crippen molar-refractivity contribution in [3.63, 3.8) is 0 Å². The largest absolute Gasteiger partial charge is 0.384 e. The van der Waals surface area contributed by atoms with Crippen LogP contribution in [0.4, 0.5) is 0 Å². The molecule has 0 aliphatic carbocycles. The van der Waals surface area contributed by atoms with Gasteiger partial charge in [0.1, 0.15) is 0 Å². The molecule has 0 aromatic rings. The Bertz CT molecular complexity index is 197. The van der Waals surface area contributed by atoms with Crippen molar-refractivity contribution in [1.82, 2.24) is 10.2 Å². The van der Waals surface area contributed by atoms with Crippen molar-refractivity contribution in [3.05, 3.63) is 0 Å². The average molecular weight is 200 g/mol. The number of carbonyl (C=O) groups is 1. The maximum absolute atomic E-state index is 11.5. The quantitative estimate of drug-likeness (QED) is 0.700. The summed E-state index contributed by atoms with van der Waals surface area (Å²) in [5.74, 6) is 0.609. The summed E-state index contributed by atoms with van der Waals surface area (Å²) in [6.45, 7) is 6.17. The summed E-state index contributed by atoms with van der Waals surface area (Å²) in [5.41, 5.74) is 0. The molecular formula is C10H20N2O2. The molecule has 1 amide bonds. The summed E-state index contributed by atoms with van der Waals surface area (Å²) in [4.78, 5) is 13.4. The topological polar surface area (TPSA) is 41.6 Å². The number of nitrogens with zero attached hydrogens (tertiary/aromatic N) is 1. The van der Waals surface area contributed by atoms with Gasteiger partial charge in [0.2, 0.25) is 5.91 Å². The lowest BCUT2D eigenvalue weighted by Crippen LogP contribution is -2.40. The summed E-state index contributed by atoms with van der Waals surface area (Å²) in [5, 5.41) is 3.19. The van der Waals surface area contributed by atoms with E-state index in [1.807, 2.05) is 4.90 Å². The molecule has 1 fully saturated rings. The maximum atomic E-state index is 11.5. The Hall–Kier alpha value is -0.610. The fourth-order valence-electron chi connectivity index (χ4n) is 1.86. The molecule has 82 valence electrons. The van der Waals surface area contributed by atoms with Gasteiger partial charge in [-0.05, 0) is 12.3 Å². The first-order valence-electron chi connectivity index (χ1n) is 5.20. The van der Waals surface area contributed by atoms with E-state index in [1.54, 1.807) is 7.11 Å². The molecule has 4 nitrogen and oxygen atoms in total. The summed E-state index contributed by atoms with van der Waals surface area (Å²) in [7, 11) is 1.69. The molecule has 4 heteroatoms. The second-order valence-electron chi connectivity index (χ2n) is 3.91. The van der Waals surface area contributed by atoms with Gasteiger partial charge in [-0.1, -0.05) is 13.8 Å². The standard InChI is InChI=1S/C10H20N2O2/c1-4-9-11-5-10(13)12(9)6-8(2)7-14-3/h8-9,11H,4-7H2,1-3H3. The van der Waals surface area contributed by atoms with Gasteiger partial charge < -0.3 is 9.64 Å². The van der Waals surface area contributed by atoms with E-state index in [9.17, 15) is 4.79 Å². The van der Waals surface area contributed by atoms with Gasteiger partial charge in [-0.2, -0.15) is 0 Å². The minimum atomic E-state index is 0.208. The molecule has 0 radical (unpaired) electrons. The van der Waals surface area contributed by atoms with E-state index >= 15 is 0 Å². The number of hydrogen-bond acceptors (Lipinski definition) is 3. The van der Waals surface area contributed by atoms with Gasteiger partial charge in [-0.25, -0.2) is 0 Å². The van der Waals surface area contributed by atoms with Crippen molar-refractivity contribution >= 4 is 5.91 Å².